The van der Waals surface area contributed by atoms with Gasteiger partial charge >= 0.3 is 0 Å². The molecule has 6 nitrogen and oxygen atoms in total. The zero-order valence-electron chi connectivity index (χ0n) is 18.0. The van der Waals surface area contributed by atoms with Gasteiger partial charge in [-0.15, -0.1) is 0 Å². The maximum Gasteiger partial charge on any atom is 0.262 e. The maximum atomic E-state index is 12.2. The third-order valence-corrected chi connectivity index (χ3v) is 5.35. The van der Waals surface area contributed by atoms with Crippen LogP contribution in [-0.2, 0) is 4.79 Å². The van der Waals surface area contributed by atoms with Crippen molar-refractivity contribution in [2.45, 2.75) is 13.8 Å². The first-order chi connectivity index (χ1) is 15.6. The van der Waals surface area contributed by atoms with Gasteiger partial charge in [0.05, 0.1) is 0 Å². The number of aromatic nitrogens is 1. The molecule has 1 heterocycles. The molecule has 0 spiro atoms. The van der Waals surface area contributed by atoms with Gasteiger partial charge < -0.3 is 19.4 Å². The topological polar surface area (TPSA) is 67.6 Å². The molecule has 4 rings (SSSR count). The van der Waals surface area contributed by atoms with Gasteiger partial charge in [0.25, 0.3) is 5.91 Å². The molecule has 32 heavy (non-hydrogen) atoms. The number of carbonyl (C=O) groups excluding carboxylic acids is 1. The standard InChI is InChI=1S/C25H24ClN3O3/c1-3-29(4-2)20-10-5-17(6-11-20)25-28-22-15-19(9-14-23(22)32-25)27-24(30)16-31-21-12-7-18(26)8-13-21/h5-15H,3-4,16H2,1-2H3,(H,27,30). The normalized spacial score (nSPS) is 10.8. The lowest BCUT2D eigenvalue weighted by atomic mass is 10.2. The summed E-state index contributed by atoms with van der Waals surface area (Å²) in [6, 6.07) is 20.4. The summed E-state index contributed by atoms with van der Waals surface area (Å²) in [4.78, 5) is 19.1. The molecule has 0 saturated carbocycles. The number of nitrogens with zero attached hydrogens (tertiary/aromatic N) is 2. The van der Waals surface area contributed by atoms with Crippen molar-refractivity contribution in [3.8, 4) is 17.2 Å². The average molecular weight is 450 g/mol. The number of carbonyl (C=O) groups is 1. The molecule has 0 unspecified atom stereocenters. The molecule has 1 N–H and O–H groups in total. The second-order valence-corrected chi connectivity index (χ2v) is 7.65. The Morgan fingerprint density at radius 1 is 1.03 bits per heavy atom. The van der Waals surface area contributed by atoms with Gasteiger partial charge in [-0.25, -0.2) is 4.98 Å². The maximum absolute atomic E-state index is 12.2. The highest BCUT2D eigenvalue weighted by Crippen LogP contribution is 2.28. The van der Waals surface area contributed by atoms with Crippen LogP contribution in [0.4, 0.5) is 11.4 Å². The molecule has 0 bridgehead atoms. The van der Waals surface area contributed by atoms with Gasteiger partial charge in [-0.2, -0.15) is 0 Å². The number of hydrogen-bond acceptors (Lipinski definition) is 5. The van der Waals surface area contributed by atoms with E-state index in [1.807, 2.05) is 12.1 Å². The summed E-state index contributed by atoms with van der Waals surface area (Å²) in [5.41, 5.74) is 4.02. The molecule has 7 heteroatoms. The quantitative estimate of drug-likeness (QED) is 0.356. The van der Waals surface area contributed by atoms with Crippen LogP contribution in [0.15, 0.2) is 71.1 Å². The van der Waals surface area contributed by atoms with Crippen LogP contribution in [0, 0.1) is 0 Å². The molecule has 0 radical (unpaired) electrons. The Bertz CT molecular complexity index is 1200. The SMILES string of the molecule is CCN(CC)c1ccc(-c2nc3cc(NC(=O)COc4ccc(Cl)cc4)ccc3o2)cc1. The molecule has 0 aliphatic carbocycles. The Hall–Kier alpha value is -3.51. The smallest absolute Gasteiger partial charge is 0.262 e. The summed E-state index contributed by atoms with van der Waals surface area (Å²) in [5, 5.41) is 3.43. The zero-order valence-corrected chi connectivity index (χ0v) is 18.7. The fourth-order valence-corrected chi connectivity index (χ4v) is 3.54. The summed E-state index contributed by atoms with van der Waals surface area (Å²) in [7, 11) is 0. The molecule has 0 atom stereocenters. The van der Waals surface area contributed by atoms with E-state index in [9.17, 15) is 4.79 Å². The molecule has 1 amide bonds. The van der Waals surface area contributed by atoms with Crippen LogP contribution in [0.5, 0.6) is 5.75 Å². The largest absolute Gasteiger partial charge is 0.484 e. The molecule has 4 aromatic rings. The van der Waals surface area contributed by atoms with Crippen molar-refractivity contribution in [2.24, 2.45) is 0 Å². The van der Waals surface area contributed by atoms with Crippen molar-refractivity contribution in [3.63, 3.8) is 0 Å². The van der Waals surface area contributed by atoms with Gasteiger partial charge in [-0.05, 0) is 80.6 Å². The summed E-state index contributed by atoms with van der Waals surface area (Å²) in [6.07, 6.45) is 0. The number of halogens is 1. The van der Waals surface area contributed by atoms with E-state index in [0.29, 0.717) is 33.4 Å². The summed E-state index contributed by atoms with van der Waals surface area (Å²) >= 11 is 5.85. The average Bonchev–Trinajstić information content (AvgIpc) is 3.23. The predicted octanol–water partition coefficient (Wildman–Crippen LogP) is 6.01. The molecular weight excluding hydrogens is 426 g/mol. The first kappa shape index (κ1) is 21.7. The lowest BCUT2D eigenvalue weighted by molar-refractivity contribution is -0.118. The lowest BCUT2D eigenvalue weighted by Crippen LogP contribution is -2.21. The monoisotopic (exact) mass is 449 g/mol. The minimum atomic E-state index is -0.269. The number of hydrogen-bond donors (Lipinski definition) is 1. The Kier molecular flexibility index (Phi) is 6.61. The highest BCUT2D eigenvalue weighted by molar-refractivity contribution is 6.30. The number of fused-ring (bicyclic) bond motifs is 1. The number of rotatable bonds is 8. The molecule has 3 aromatic carbocycles. The van der Waals surface area contributed by atoms with E-state index in [4.69, 9.17) is 20.8 Å². The molecular formula is C25H24ClN3O3. The zero-order chi connectivity index (χ0) is 22.5. The Labute approximate surface area is 191 Å². The molecule has 0 saturated heterocycles. The van der Waals surface area contributed by atoms with E-state index < -0.39 is 0 Å². The Balaban J connectivity index is 1.43. The molecule has 164 valence electrons. The second kappa shape index (κ2) is 9.75. The molecule has 0 aliphatic rings. The minimum Gasteiger partial charge on any atom is -0.484 e. The van der Waals surface area contributed by atoms with Crippen LogP contribution in [0.25, 0.3) is 22.6 Å². The van der Waals surface area contributed by atoms with Gasteiger partial charge in [0, 0.05) is 35.1 Å². The van der Waals surface area contributed by atoms with Crippen molar-refractivity contribution >= 4 is 40.0 Å². The molecule has 0 aliphatic heterocycles. The van der Waals surface area contributed by atoms with Crippen molar-refractivity contribution in [2.75, 3.05) is 29.9 Å². The van der Waals surface area contributed by atoms with E-state index >= 15 is 0 Å². The van der Waals surface area contributed by atoms with E-state index in [0.717, 1.165) is 18.7 Å². The van der Waals surface area contributed by atoms with E-state index in [1.165, 1.54) is 5.69 Å². The van der Waals surface area contributed by atoms with Crippen LogP contribution >= 0.6 is 11.6 Å². The van der Waals surface area contributed by atoms with Crippen LogP contribution in [0.2, 0.25) is 5.02 Å². The van der Waals surface area contributed by atoms with Crippen molar-refractivity contribution in [1.29, 1.82) is 0 Å². The van der Waals surface area contributed by atoms with Gasteiger partial charge in [0.2, 0.25) is 5.89 Å². The van der Waals surface area contributed by atoms with Gasteiger partial charge in [0.15, 0.2) is 12.2 Å². The Morgan fingerprint density at radius 2 is 1.75 bits per heavy atom. The van der Waals surface area contributed by atoms with E-state index in [-0.39, 0.29) is 12.5 Å². The number of anilines is 2. The predicted molar refractivity (Wildman–Crippen MR) is 129 cm³/mol. The first-order valence-corrected chi connectivity index (χ1v) is 10.9. The van der Waals surface area contributed by atoms with Crippen molar-refractivity contribution in [3.05, 3.63) is 71.8 Å². The van der Waals surface area contributed by atoms with Crippen LogP contribution in [0.1, 0.15) is 13.8 Å². The highest BCUT2D eigenvalue weighted by Gasteiger charge is 2.11. The summed E-state index contributed by atoms with van der Waals surface area (Å²) in [5.74, 6) is 0.851. The Morgan fingerprint density at radius 3 is 2.44 bits per heavy atom. The van der Waals surface area contributed by atoms with Gasteiger partial charge in [-0.3, -0.25) is 4.79 Å². The van der Waals surface area contributed by atoms with Gasteiger partial charge in [0.1, 0.15) is 11.3 Å². The summed E-state index contributed by atoms with van der Waals surface area (Å²) < 4.78 is 11.4. The van der Waals surface area contributed by atoms with Crippen LogP contribution < -0.4 is 15.0 Å². The van der Waals surface area contributed by atoms with Crippen LogP contribution in [-0.4, -0.2) is 30.6 Å². The number of amides is 1. The van der Waals surface area contributed by atoms with Gasteiger partial charge in [-0.1, -0.05) is 11.6 Å². The van der Waals surface area contributed by atoms with E-state index in [1.54, 1.807) is 42.5 Å². The molecule has 1 aromatic heterocycles. The van der Waals surface area contributed by atoms with Crippen LogP contribution in [0.3, 0.4) is 0 Å². The minimum absolute atomic E-state index is 0.109. The molecule has 0 fully saturated rings. The van der Waals surface area contributed by atoms with E-state index in [2.05, 4.69) is 41.2 Å². The van der Waals surface area contributed by atoms with Crippen molar-refractivity contribution in [1.82, 2.24) is 4.98 Å². The fraction of sp³-hybridized carbons (Fsp3) is 0.200. The highest BCUT2D eigenvalue weighted by atomic mass is 35.5. The number of ether oxygens (including phenoxy) is 1. The van der Waals surface area contributed by atoms with Crippen molar-refractivity contribution < 1.29 is 13.9 Å². The number of benzene rings is 3. The first-order valence-electron chi connectivity index (χ1n) is 10.5. The second-order valence-electron chi connectivity index (χ2n) is 7.21. The third kappa shape index (κ3) is 5.03. The third-order valence-electron chi connectivity index (χ3n) is 5.10. The number of nitrogens with one attached hydrogen (secondary N) is 1. The summed E-state index contributed by atoms with van der Waals surface area (Å²) in [6.45, 7) is 6.08. The fourth-order valence-electron chi connectivity index (χ4n) is 3.41. The number of oxazole rings is 1. The lowest BCUT2D eigenvalue weighted by Gasteiger charge is -2.20.